The van der Waals surface area contributed by atoms with Gasteiger partial charge in [-0.25, -0.2) is 8.42 Å². The smallest absolute Gasteiger partial charge is 0.193 e. The third-order valence-electron chi connectivity index (χ3n) is 4.93. The van der Waals surface area contributed by atoms with Crippen molar-refractivity contribution in [1.82, 2.24) is 15.1 Å². The molecule has 2 aliphatic heterocycles. The summed E-state index contributed by atoms with van der Waals surface area (Å²) in [4.78, 5) is 8.94. The lowest BCUT2D eigenvalue weighted by atomic mass is 10.1. The zero-order chi connectivity index (χ0) is 17.1. The van der Waals surface area contributed by atoms with Gasteiger partial charge in [0.15, 0.2) is 15.8 Å². The first-order valence-electron chi connectivity index (χ1n) is 8.65. The predicted molar refractivity (Wildman–Crippen MR) is 111 cm³/mol. The van der Waals surface area contributed by atoms with E-state index in [1.807, 2.05) is 0 Å². The molecular formula is C16H33IN4O2S. The standard InChI is InChI=1S/C16H32N4O2S.HI/c1-14(12-19-7-5-6-8-19)11-18-15(17-4)20-9-10-23(21,22)16(2,3)13-20;/h14H,5-13H2,1-4H3,(H,17,18);1H. The zero-order valence-electron chi connectivity index (χ0n) is 15.4. The number of hydrogen-bond donors (Lipinski definition) is 1. The average Bonchev–Trinajstić information content (AvgIpc) is 2.96. The van der Waals surface area contributed by atoms with E-state index in [0.29, 0.717) is 19.0 Å². The molecule has 0 aromatic heterocycles. The van der Waals surface area contributed by atoms with Crippen molar-refractivity contribution in [1.29, 1.82) is 0 Å². The van der Waals surface area contributed by atoms with Crippen LogP contribution in [0.3, 0.4) is 0 Å². The molecule has 1 N–H and O–H groups in total. The van der Waals surface area contributed by atoms with Crippen LogP contribution in [0.25, 0.3) is 0 Å². The number of rotatable bonds is 4. The summed E-state index contributed by atoms with van der Waals surface area (Å²) in [6.07, 6.45) is 2.64. The summed E-state index contributed by atoms with van der Waals surface area (Å²) in [7, 11) is -1.25. The van der Waals surface area contributed by atoms with Crippen LogP contribution in [0.2, 0.25) is 0 Å². The third-order valence-corrected chi connectivity index (χ3v) is 7.46. The molecule has 0 aromatic carbocycles. The van der Waals surface area contributed by atoms with Crippen molar-refractivity contribution in [3.05, 3.63) is 0 Å². The van der Waals surface area contributed by atoms with E-state index in [1.54, 1.807) is 20.9 Å². The summed E-state index contributed by atoms with van der Waals surface area (Å²) in [5.41, 5.74) is 0. The van der Waals surface area contributed by atoms with Gasteiger partial charge in [0.25, 0.3) is 0 Å². The van der Waals surface area contributed by atoms with Crippen LogP contribution in [-0.2, 0) is 9.84 Å². The molecule has 0 aromatic rings. The highest BCUT2D eigenvalue weighted by Crippen LogP contribution is 2.23. The van der Waals surface area contributed by atoms with E-state index in [0.717, 1.165) is 19.0 Å². The molecule has 6 nitrogen and oxygen atoms in total. The highest BCUT2D eigenvalue weighted by molar-refractivity contribution is 14.0. The second kappa shape index (κ2) is 9.02. The van der Waals surface area contributed by atoms with E-state index in [9.17, 15) is 8.42 Å². The summed E-state index contributed by atoms with van der Waals surface area (Å²) < 4.78 is 23.5. The largest absolute Gasteiger partial charge is 0.356 e. The molecule has 142 valence electrons. The lowest BCUT2D eigenvalue weighted by molar-refractivity contribution is 0.284. The van der Waals surface area contributed by atoms with E-state index in [-0.39, 0.29) is 29.7 Å². The molecule has 0 amide bonds. The number of nitrogens with zero attached hydrogens (tertiary/aromatic N) is 3. The van der Waals surface area contributed by atoms with Crippen LogP contribution in [0.1, 0.15) is 33.6 Å². The fourth-order valence-electron chi connectivity index (χ4n) is 3.39. The number of halogens is 1. The topological polar surface area (TPSA) is 65.0 Å². The van der Waals surface area contributed by atoms with Gasteiger partial charge in [-0.3, -0.25) is 4.99 Å². The molecule has 0 bridgehead atoms. The molecule has 2 heterocycles. The second-order valence-electron chi connectivity index (χ2n) is 7.54. The zero-order valence-corrected chi connectivity index (χ0v) is 18.6. The molecule has 24 heavy (non-hydrogen) atoms. The molecule has 0 spiro atoms. The molecule has 0 saturated carbocycles. The fourth-order valence-corrected chi connectivity index (χ4v) is 4.76. The van der Waals surface area contributed by atoms with Gasteiger partial charge < -0.3 is 15.1 Å². The molecule has 0 radical (unpaired) electrons. The molecule has 2 fully saturated rings. The first kappa shape index (κ1) is 22.0. The van der Waals surface area contributed by atoms with Crippen LogP contribution in [-0.4, -0.2) is 81.0 Å². The lowest BCUT2D eigenvalue weighted by Crippen LogP contribution is -2.57. The highest BCUT2D eigenvalue weighted by Gasteiger charge is 2.40. The monoisotopic (exact) mass is 472 g/mol. The minimum atomic E-state index is -3.01. The molecule has 1 unspecified atom stereocenters. The van der Waals surface area contributed by atoms with Gasteiger partial charge in [-0.2, -0.15) is 0 Å². The minimum absolute atomic E-state index is 0. The van der Waals surface area contributed by atoms with E-state index in [4.69, 9.17) is 0 Å². The second-order valence-corrected chi connectivity index (χ2v) is 10.3. The Labute approximate surface area is 164 Å². The van der Waals surface area contributed by atoms with Gasteiger partial charge in [-0.1, -0.05) is 6.92 Å². The van der Waals surface area contributed by atoms with Gasteiger partial charge in [-0.05, 0) is 45.7 Å². The molecule has 2 saturated heterocycles. The summed E-state index contributed by atoms with van der Waals surface area (Å²) >= 11 is 0. The maximum Gasteiger partial charge on any atom is 0.193 e. The Bertz CT molecular complexity index is 530. The van der Waals surface area contributed by atoms with Gasteiger partial charge in [0.1, 0.15) is 0 Å². The number of nitrogens with one attached hydrogen (secondary N) is 1. The van der Waals surface area contributed by atoms with Gasteiger partial charge >= 0.3 is 0 Å². The summed E-state index contributed by atoms with van der Waals surface area (Å²) in [6.45, 7) is 11.3. The maximum atomic E-state index is 12.1. The Morgan fingerprint density at radius 3 is 2.42 bits per heavy atom. The predicted octanol–water partition coefficient (Wildman–Crippen LogP) is 1.42. The Morgan fingerprint density at radius 2 is 1.88 bits per heavy atom. The van der Waals surface area contributed by atoms with Crippen LogP contribution in [0.5, 0.6) is 0 Å². The summed E-state index contributed by atoms with van der Waals surface area (Å²) in [5, 5.41) is 3.43. The maximum absolute atomic E-state index is 12.1. The minimum Gasteiger partial charge on any atom is -0.356 e. The molecule has 2 rings (SSSR count). The molecule has 2 aliphatic rings. The highest BCUT2D eigenvalue weighted by atomic mass is 127. The van der Waals surface area contributed by atoms with Crippen molar-refractivity contribution >= 4 is 39.8 Å². The van der Waals surface area contributed by atoms with Gasteiger partial charge in [0.2, 0.25) is 0 Å². The molecule has 1 atom stereocenters. The quantitative estimate of drug-likeness (QED) is 0.381. The molecule has 0 aliphatic carbocycles. The van der Waals surface area contributed by atoms with Gasteiger partial charge in [0.05, 0.1) is 10.5 Å². The van der Waals surface area contributed by atoms with Crippen LogP contribution in [0.4, 0.5) is 0 Å². The third kappa shape index (κ3) is 5.45. The van der Waals surface area contributed by atoms with Crippen molar-refractivity contribution < 1.29 is 8.42 Å². The van der Waals surface area contributed by atoms with E-state index in [2.05, 4.69) is 27.0 Å². The van der Waals surface area contributed by atoms with E-state index in [1.165, 1.54) is 25.9 Å². The van der Waals surface area contributed by atoms with Crippen LogP contribution >= 0.6 is 24.0 Å². The molecule has 8 heteroatoms. The summed E-state index contributed by atoms with van der Waals surface area (Å²) in [6, 6.07) is 0. The van der Waals surface area contributed by atoms with Crippen molar-refractivity contribution in [2.45, 2.75) is 38.4 Å². The van der Waals surface area contributed by atoms with Gasteiger partial charge in [-0.15, -0.1) is 24.0 Å². The van der Waals surface area contributed by atoms with Crippen molar-refractivity contribution in [3.8, 4) is 0 Å². The van der Waals surface area contributed by atoms with E-state index >= 15 is 0 Å². The number of hydrogen-bond acceptors (Lipinski definition) is 4. The lowest BCUT2D eigenvalue weighted by Gasteiger charge is -2.39. The first-order chi connectivity index (χ1) is 10.7. The first-order valence-corrected chi connectivity index (χ1v) is 10.3. The average molecular weight is 472 g/mol. The van der Waals surface area contributed by atoms with Crippen LogP contribution in [0.15, 0.2) is 4.99 Å². The van der Waals surface area contributed by atoms with Crippen molar-refractivity contribution in [3.63, 3.8) is 0 Å². The number of likely N-dealkylation sites (tertiary alicyclic amines) is 1. The van der Waals surface area contributed by atoms with Crippen molar-refractivity contribution in [2.75, 3.05) is 52.1 Å². The number of guanidine groups is 1. The Hall–Kier alpha value is -0.0900. The van der Waals surface area contributed by atoms with Crippen LogP contribution < -0.4 is 5.32 Å². The number of sulfone groups is 1. The van der Waals surface area contributed by atoms with Crippen molar-refractivity contribution in [2.24, 2.45) is 10.9 Å². The Morgan fingerprint density at radius 1 is 1.25 bits per heavy atom. The normalized spacial score (nSPS) is 25.2. The number of aliphatic imine (C=N–C) groups is 1. The van der Waals surface area contributed by atoms with Crippen LogP contribution in [0, 0.1) is 5.92 Å². The SMILES string of the molecule is CN=C(NCC(C)CN1CCCC1)N1CCS(=O)(=O)C(C)(C)C1.I. The Balaban J connectivity index is 0.00000288. The Kier molecular flexibility index (Phi) is 8.25. The fraction of sp³-hybridized carbons (Fsp3) is 0.938. The van der Waals surface area contributed by atoms with E-state index < -0.39 is 14.6 Å². The molecular weight excluding hydrogens is 439 g/mol. The van der Waals surface area contributed by atoms with Gasteiger partial charge in [0, 0.05) is 33.2 Å². The summed E-state index contributed by atoms with van der Waals surface area (Å²) in [5.74, 6) is 1.57.